The van der Waals surface area contributed by atoms with Crippen molar-refractivity contribution >= 4 is 34.7 Å². The van der Waals surface area contributed by atoms with Crippen LogP contribution in [0.2, 0.25) is 0 Å². The summed E-state index contributed by atoms with van der Waals surface area (Å²) in [5, 5.41) is 0. The molecule has 0 spiro atoms. The molecule has 1 saturated heterocycles. The fourth-order valence-electron chi connectivity index (χ4n) is 3.79. The smallest absolute Gasteiger partial charge is 0.224 e. The molecule has 31 heavy (non-hydrogen) atoms. The first-order chi connectivity index (χ1) is 15.3. The molecule has 6 rings (SSSR count). The number of fused-ring (bicyclic) bond motifs is 3. The highest BCUT2D eigenvalue weighted by molar-refractivity contribution is 7.99. The summed E-state index contributed by atoms with van der Waals surface area (Å²) in [7, 11) is 0. The van der Waals surface area contributed by atoms with Crippen LogP contribution in [0.15, 0.2) is 58.5 Å². The molecule has 2 N–H and O–H groups in total. The Balaban J connectivity index is 1.48. The van der Waals surface area contributed by atoms with Crippen LogP contribution in [0.4, 0.5) is 11.8 Å². The minimum absolute atomic E-state index is 0.185. The van der Waals surface area contributed by atoms with Crippen molar-refractivity contribution < 1.29 is 9.47 Å². The van der Waals surface area contributed by atoms with E-state index < -0.39 is 0 Å². The number of hydrogen-bond donors (Lipinski definition) is 1. The quantitative estimate of drug-likeness (QED) is 0.449. The predicted octanol–water partition coefficient (Wildman–Crippen LogP) is 3.76. The van der Waals surface area contributed by atoms with E-state index in [4.69, 9.17) is 20.2 Å². The molecule has 9 heteroatoms. The van der Waals surface area contributed by atoms with Gasteiger partial charge in [0.05, 0.1) is 34.9 Å². The Kier molecular flexibility index (Phi) is 4.36. The van der Waals surface area contributed by atoms with E-state index in [0.29, 0.717) is 49.0 Å². The third-order valence-corrected chi connectivity index (χ3v) is 6.35. The van der Waals surface area contributed by atoms with Crippen molar-refractivity contribution in [3.63, 3.8) is 0 Å². The topological polar surface area (TPSA) is 99.3 Å². The minimum atomic E-state index is 0.185. The number of aromatic nitrogens is 4. The van der Waals surface area contributed by atoms with Gasteiger partial charge in [0.25, 0.3) is 0 Å². The largest absolute Gasteiger partial charge is 0.454 e. The third kappa shape index (κ3) is 3.22. The Morgan fingerprint density at radius 3 is 2.68 bits per heavy atom. The molecule has 4 heterocycles. The van der Waals surface area contributed by atoms with Gasteiger partial charge in [0.1, 0.15) is 5.75 Å². The van der Waals surface area contributed by atoms with Crippen LogP contribution in [-0.4, -0.2) is 46.2 Å². The molecule has 154 valence electrons. The van der Waals surface area contributed by atoms with Crippen LogP contribution >= 0.6 is 11.8 Å². The summed E-state index contributed by atoms with van der Waals surface area (Å²) in [5.41, 5.74) is 8.62. The van der Waals surface area contributed by atoms with E-state index in [0.717, 1.165) is 26.9 Å². The number of nitrogen functional groups attached to an aromatic ring is 1. The van der Waals surface area contributed by atoms with Gasteiger partial charge < -0.3 is 20.1 Å². The van der Waals surface area contributed by atoms with Gasteiger partial charge in [-0.15, -0.1) is 0 Å². The molecule has 0 unspecified atom stereocenters. The molecule has 2 aliphatic heterocycles. The Labute approximate surface area is 182 Å². The predicted molar refractivity (Wildman–Crippen MR) is 119 cm³/mol. The molecule has 1 fully saturated rings. The molecule has 0 amide bonds. The molecule has 0 saturated carbocycles. The molecule has 8 nitrogen and oxygen atoms in total. The van der Waals surface area contributed by atoms with Crippen molar-refractivity contribution in [2.75, 3.05) is 36.9 Å². The maximum Gasteiger partial charge on any atom is 0.224 e. The number of para-hydroxylation sites is 2. The molecular formula is C22H18N6O2S. The Hall–Kier alpha value is -3.43. The molecule has 0 atom stereocenters. The van der Waals surface area contributed by atoms with Crippen molar-refractivity contribution in [2.24, 2.45) is 0 Å². The fraction of sp³-hybridized carbons (Fsp3) is 0.182. The maximum atomic E-state index is 6.27. The fourth-order valence-corrected chi connectivity index (χ4v) is 4.77. The van der Waals surface area contributed by atoms with Crippen LogP contribution in [0.1, 0.15) is 0 Å². The minimum Gasteiger partial charge on any atom is -0.454 e. The average molecular weight is 430 g/mol. The summed E-state index contributed by atoms with van der Waals surface area (Å²) in [6, 6.07) is 14.1. The Morgan fingerprint density at radius 1 is 0.935 bits per heavy atom. The number of benzene rings is 2. The lowest BCUT2D eigenvalue weighted by molar-refractivity contribution is 0.122. The van der Waals surface area contributed by atoms with Crippen molar-refractivity contribution in [1.29, 1.82) is 0 Å². The van der Waals surface area contributed by atoms with Crippen molar-refractivity contribution in [3.05, 3.63) is 48.7 Å². The van der Waals surface area contributed by atoms with Crippen LogP contribution in [0, 0.1) is 0 Å². The zero-order valence-electron chi connectivity index (χ0n) is 16.5. The Morgan fingerprint density at radius 2 is 1.77 bits per heavy atom. The van der Waals surface area contributed by atoms with E-state index >= 15 is 0 Å². The second-order valence-electron chi connectivity index (χ2n) is 7.22. The van der Waals surface area contributed by atoms with Gasteiger partial charge in [0.15, 0.2) is 22.7 Å². The summed E-state index contributed by atoms with van der Waals surface area (Å²) in [5.74, 6) is 2.49. The highest BCUT2D eigenvalue weighted by Crippen LogP contribution is 2.50. The van der Waals surface area contributed by atoms with E-state index in [-0.39, 0.29) is 5.95 Å². The van der Waals surface area contributed by atoms with Gasteiger partial charge in [-0.1, -0.05) is 30.0 Å². The van der Waals surface area contributed by atoms with Gasteiger partial charge in [-0.2, -0.15) is 9.97 Å². The average Bonchev–Trinajstić information content (AvgIpc) is 2.82. The first-order valence-electron chi connectivity index (χ1n) is 9.97. The standard InChI is InChI=1S/C22H18N6O2S/c23-22-26-20-18(21(27-22)28-8-10-29-11-9-28)25-14(12-24-20)13-4-3-7-17-19(13)30-15-5-1-2-6-16(15)31-17/h1-7,12H,8-11H2,(H2,23,24,26,27). The molecule has 4 aromatic rings. The zero-order valence-corrected chi connectivity index (χ0v) is 17.3. The van der Waals surface area contributed by atoms with Crippen LogP contribution in [-0.2, 0) is 4.74 Å². The molecule has 0 bridgehead atoms. The molecule has 0 radical (unpaired) electrons. The number of anilines is 2. The van der Waals surface area contributed by atoms with E-state index in [1.165, 1.54) is 0 Å². The summed E-state index contributed by atoms with van der Waals surface area (Å²) in [6.45, 7) is 2.70. The van der Waals surface area contributed by atoms with Gasteiger partial charge >= 0.3 is 0 Å². The van der Waals surface area contributed by atoms with Crippen molar-refractivity contribution in [1.82, 2.24) is 19.9 Å². The second kappa shape index (κ2) is 7.36. The lowest BCUT2D eigenvalue weighted by Gasteiger charge is -2.28. The second-order valence-corrected chi connectivity index (χ2v) is 8.30. The molecule has 2 aliphatic rings. The summed E-state index contributed by atoms with van der Waals surface area (Å²) in [6.07, 6.45) is 1.71. The summed E-state index contributed by atoms with van der Waals surface area (Å²) in [4.78, 5) is 22.5. The SMILES string of the molecule is Nc1nc(N2CCOCC2)c2nc(-c3cccc4c3Oc3ccccc3S4)cnc2n1. The highest BCUT2D eigenvalue weighted by atomic mass is 32.2. The first-order valence-corrected chi connectivity index (χ1v) is 10.8. The third-order valence-electron chi connectivity index (χ3n) is 5.25. The van der Waals surface area contributed by atoms with Crippen LogP contribution < -0.4 is 15.4 Å². The van der Waals surface area contributed by atoms with Crippen LogP contribution in [0.5, 0.6) is 11.5 Å². The molecular weight excluding hydrogens is 412 g/mol. The number of ether oxygens (including phenoxy) is 2. The number of nitrogens with two attached hydrogens (primary N) is 1. The molecule has 0 aliphatic carbocycles. The van der Waals surface area contributed by atoms with Gasteiger partial charge in [-0.25, -0.2) is 9.97 Å². The number of nitrogens with zero attached hydrogens (tertiary/aromatic N) is 5. The highest BCUT2D eigenvalue weighted by Gasteiger charge is 2.23. The van der Waals surface area contributed by atoms with Gasteiger partial charge in [-0.3, -0.25) is 0 Å². The number of rotatable bonds is 2. The maximum absolute atomic E-state index is 6.27. The monoisotopic (exact) mass is 430 g/mol. The zero-order chi connectivity index (χ0) is 20.8. The van der Waals surface area contributed by atoms with Gasteiger partial charge in [0, 0.05) is 18.7 Å². The number of hydrogen-bond acceptors (Lipinski definition) is 9. The lowest BCUT2D eigenvalue weighted by Crippen LogP contribution is -2.37. The number of morpholine rings is 1. The van der Waals surface area contributed by atoms with Crippen LogP contribution in [0.25, 0.3) is 22.4 Å². The first kappa shape index (κ1) is 18.3. The van der Waals surface area contributed by atoms with E-state index in [1.54, 1.807) is 18.0 Å². The molecule has 2 aromatic heterocycles. The van der Waals surface area contributed by atoms with E-state index in [9.17, 15) is 0 Å². The van der Waals surface area contributed by atoms with Gasteiger partial charge in [-0.05, 0) is 24.3 Å². The van der Waals surface area contributed by atoms with E-state index in [2.05, 4.69) is 32.0 Å². The summed E-state index contributed by atoms with van der Waals surface area (Å²) >= 11 is 1.69. The lowest BCUT2D eigenvalue weighted by atomic mass is 10.1. The normalized spacial score (nSPS) is 15.3. The molecule has 2 aromatic carbocycles. The summed E-state index contributed by atoms with van der Waals surface area (Å²) < 4.78 is 11.8. The van der Waals surface area contributed by atoms with Gasteiger partial charge in [0.2, 0.25) is 5.95 Å². The van der Waals surface area contributed by atoms with E-state index in [1.807, 2.05) is 30.3 Å². The van der Waals surface area contributed by atoms with Crippen molar-refractivity contribution in [3.8, 4) is 22.8 Å². The van der Waals surface area contributed by atoms with Crippen LogP contribution in [0.3, 0.4) is 0 Å². The Bertz CT molecular complexity index is 1310. The van der Waals surface area contributed by atoms with Crippen molar-refractivity contribution in [2.45, 2.75) is 9.79 Å².